The fourth-order valence-electron chi connectivity index (χ4n) is 2.70. The molecule has 1 N–H and O–H groups in total. The van der Waals surface area contributed by atoms with Crippen molar-refractivity contribution in [2.24, 2.45) is 5.92 Å². The van der Waals surface area contributed by atoms with Gasteiger partial charge in [0.1, 0.15) is 12.0 Å². The molecule has 0 radical (unpaired) electrons. The molecule has 4 nitrogen and oxygen atoms in total. The molecule has 2 heterocycles. The normalized spacial score (nSPS) is 23.6. The first-order chi connectivity index (χ1) is 9.11. The predicted octanol–water partition coefficient (Wildman–Crippen LogP) is 2.44. The second kappa shape index (κ2) is 6.24. The number of piperidine rings is 1. The van der Waals surface area contributed by atoms with Gasteiger partial charge in [-0.3, -0.25) is 4.79 Å². The van der Waals surface area contributed by atoms with Gasteiger partial charge in [-0.2, -0.15) is 0 Å². The van der Waals surface area contributed by atoms with Crippen LogP contribution in [-0.4, -0.2) is 36.5 Å². The molecular weight excluding hydrogens is 240 g/mol. The van der Waals surface area contributed by atoms with Gasteiger partial charge < -0.3 is 14.6 Å². The van der Waals surface area contributed by atoms with Gasteiger partial charge in [0.25, 0.3) is 5.91 Å². The molecule has 0 aromatic carbocycles. The minimum Gasteiger partial charge on any atom is -0.469 e. The summed E-state index contributed by atoms with van der Waals surface area (Å²) < 4.78 is 5.22. The molecule has 2 rings (SSSR count). The van der Waals surface area contributed by atoms with E-state index in [1.165, 1.54) is 0 Å². The highest BCUT2D eigenvalue weighted by Gasteiger charge is 2.29. The zero-order valence-corrected chi connectivity index (χ0v) is 12.1. The molecule has 0 aliphatic carbocycles. The van der Waals surface area contributed by atoms with Crippen LogP contribution in [0.3, 0.4) is 0 Å². The smallest absolute Gasteiger partial charge is 0.257 e. The number of hydrogen-bond donors (Lipinski definition) is 1. The third-order valence-corrected chi connectivity index (χ3v) is 3.83. The third-order valence-electron chi connectivity index (χ3n) is 3.83. The van der Waals surface area contributed by atoms with Crippen LogP contribution >= 0.6 is 0 Å². The van der Waals surface area contributed by atoms with Gasteiger partial charge in [0.05, 0.1) is 5.56 Å². The Morgan fingerprint density at radius 1 is 1.58 bits per heavy atom. The van der Waals surface area contributed by atoms with Crippen LogP contribution in [0.5, 0.6) is 0 Å². The summed E-state index contributed by atoms with van der Waals surface area (Å²) in [5.74, 6) is 1.38. The van der Waals surface area contributed by atoms with Gasteiger partial charge in [-0.25, -0.2) is 0 Å². The average Bonchev–Trinajstić information content (AvgIpc) is 2.83. The summed E-state index contributed by atoms with van der Waals surface area (Å²) in [6.07, 6.45) is 3.74. The van der Waals surface area contributed by atoms with E-state index >= 15 is 0 Å². The molecule has 106 valence electrons. The molecule has 1 amide bonds. The number of carbonyl (C=O) groups excluding carboxylic acids is 1. The zero-order chi connectivity index (χ0) is 13.8. The summed E-state index contributed by atoms with van der Waals surface area (Å²) in [5, 5.41) is 3.57. The SMILES string of the molecule is CCCNC1CCN(C(=O)c2coc(C)c2)CC1C. The molecule has 1 aromatic rings. The first kappa shape index (κ1) is 14.1. The van der Waals surface area contributed by atoms with Crippen molar-refractivity contribution in [1.29, 1.82) is 0 Å². The number of nitrogens with zero attached hydrogens (tertiary/aromatic N) is 1. The maximum atomic E-state index is 12.3. The molecule has 2 unspecified atom stereocenters. The van der Waals surface area contributed by atoms with Crippen LogP contribution in [-0.2, 0) is 0 Å². The second-order valence-corrected chi connectivity index (χ2v) is 5.52. The van der Waals surface area contributed by atoms with E-state index in [2.05, 4.69) is 19.2 Å². The lowest BCUT2D eigenvalue weighted by atomic mass is 9.93. The van der Waals surface area contributed by atoms with Gasteiger partial charge in [-0.05, 0) is 38.3 Å². The van der Waals surface area contributed by atoms with E-state index in [1.54, 1.807) is 6.26 Å². The van der Waals surface area contributed by atoms with Gasteiger partial charge in [-0.1, -0.05) is 13.8 Å². The number of amides is 1. The summed E-state index contributed by atoms with van der Waals surface area (Å²) in [4.78, 5) is 14.3. The highest BCUT2D eigenvalue weighted by molar-refractivity contribution is 5.94. The van der Waals surface area contributed by atoms with Crippen molar-refractivity contribution >= 4 is 5.91 Å². The van der Waals surface area contributed by atoms with Crippen LogP contribution in [0.25, 0.3) is 0 Å². The molecule has 0 saturated carbocycles. The minimum absolute atomic E-state index is 0.0950. The van der Waals surface area contributed by atoms with Crippen LogP contribution in [0.1, 0.15) is 42.8 Å². The zero-order valence-electron chi connectivity index (χ0n) is 12.1. The Morgan fingerprint density at radius 3 is 2.95 bits per heavy atom. The maximum absolute atomic E-state index is 12.3. The van der Waals surface area contributed by atoms with Crippen molar-refractivity contribution in [1.82, 2.24) is 10.2 Å². The Balaban J connectivity index is 1.92. The quantitative estimate of drug-likeness (QED) is 0.908. The van der Waals surface area contributed by atoms with E-state index in [-0.39, 0.29) is 5.91 Å². The Bertz CT molecular complexity index is 428. The number of nitrogens with one attached hydrogen (secondary N) is 1. The fraction of sp³-hybridized carbons (Fsp3) is 0.667. The second-order valence-electron chi connectivity index (χ2n) is 5.52. The van der Waals surface area contributed by atoms with Crippen LogP contribution < -0.4 is 5.32 Å². The summed E-state index contributed by atoms with van der Waals surface area (Å²) in [7, 11) is 0. The molecule has 19 heavy (non-hydrogen) atoms. The standard InChI is InChI=1S/C15H24N2O2/c1-4-6-16-14-5-7-17(9-11(14)2)15(18)13-8-12(3)19-10-13/h8,10-11,14,16H,4-7,9H2,1-3H3. The Labute approximate surface area is 115 Å². The molecule has 0 bridgehead atoms. The van der Waals surface area contributed by atoms with Gasteiger partial charge in [0.2, 0.25) is 0 Å². The van der Waals surface area contributed by atoms with Gasteiger partial charge in [0, 0.05) is 19.1 Å². The first-order valence-electron chi connectivity index (χ1n) is 7.19. The van der Waals surface area contributed by atoms with Crippen LogP contribution in [0.4, 0.5) is 0 Å². The van der Waals surface area contributed by atoms with Crippen LogP contribution in [0.15, 0.2) is 16.7 Å². The summed E-state index contributed by atoms with van der Waals surface area (Å²) >= 11 is 0. The van der Waals surface area contributed by atoms with E-state index in [1.807, 2.05) is 17.9 Å². The van der Waals surface area contributed by atoms with Crippen LogP contribution in [0.2, 0.25) is 0 Å². The number of furan rings is 1. The van der Waals surface area contributed by atoms with E-state index in [0.717, 1.165) is 38.2 Å². The van der Waals surface area contributed by atoms with Crippen molar-refractivity contribution in [2.75, 3.05) is 19.6 Å². The van der Waals surface area contributed by atoms with Crippen molar-refractivity contribution in [3.8, 4) is 0 Å². The lowest BCUT2D eigenvalue weighted by Gasteiger charge is -2.37. The molecule has 1 aromatic heterocycles. The molecule has 1 aliphatic rings. The summed E-state index contributed by atoms with van der Waals surface area (Å²) in [6, 6.07) is 2.35. The van der Waals surface area contributed by atoms with Crippen molar-refractivity contribution in [2.45, 2.75) is 39.7 Å². The van der Waals surface area contributed by atoms with Crippen molar-refractivity contribution < 1.29 is 9.21 Å². The summed E-state index contributed by atoms with van der Waals surface area (Å²) in [6.45, 7) is 8.97. The molecule has 1 fully saturated rings. The minimum atomic E-state index is 0.0950. The molecular formula is C15H24N2O2. The third kappa shape index (κ3) is 3.38. The van der Waals surface area contributed by atoms with Crippen molar-refractivity contribution in [3.05, 3.63) is 23.7 Å². The summed E-state index contributed by atoms with van der Waals surface area (Å²) in [5.41, 5.74) is 0.671. The number of likely N-dealkylation sites (tertiary alicyclic amines) is 1. The highest BCUT2D eigenvalue weighted by Crippen LogP contribution is 2.19. The molecule has 2 atom stereocenters. The van der Waals surface area contributed by atoms with Crippen LogP contribution in [0, 0.1) is 12.8 Å². The lowest BCUT2D eigenvalue weighted by Crippen LogP contribution is -2.50. The number of carbonyl (C=O) groups is 1. The first-order valence-corrected chi connectivity index (χ1v) is 7.19. The van der Waals surface area contributed by atoms with Crippen molar-refractivity contribution in [3.63, 3.8) is 0 Å². The van der Waals surface area contributed by atoms with Gasteiger partial charge in [-0.15, -0.1) is 0 Å². The van der Waals surface area contributed by atoms with E-state index in [4.69, 9.17) is 4.42 Å². The van der Waals surface area contributed by atoms with Gasteiger partial charge >= 0.3 is 0 Å². The maximum Gasteiger partial charge on any atom is 0.257 e. The molecule has 0 spiro atoms. The van der Waals surface area contributed by atoms with E-state index in [0.29, 0.717) is 17.5 Å². The highest BCUT2D eigenvalue weighted by atomic mass is 16.3. The molecule has 1 aliphatic heterocycles. The van der Waals surface area contributed by atoms with E-state index < -0.39 is 0 Å². The number of rotatable bonds is 4. The average molecular weight is 264 g/mol. The monoisotopic (exact) mass is 264 g/mol. The lowest BCUT2D eigenvalue weighted by molar-refractivity contribution is 0.0644. The molecule has 1 saturated heterocycles. The predicted molar refractivity (Wildman–Crippen MR) is 75.2 cm³/mol. The Hall–Kier alpha value is -1.29. The Kier molecular flexibility index (Phi) is 4.64. The topological polar surface area (TPSA) is 45.5 Å². The number of hydrogen-bond acceptors (Lipinski definition) is 3. The Morgan fingerprint density at radius 2 is 2.37 bits per heavy atom. The largest absolute Gasteiger partial charge is 0.469 e. The van der Waals surface area contributed by atoms with E-state index in [9.17, 15) is 4.79 Å². The number of aryl methyl sites for hydroxylation is 1. The fourth-order valence-corrected chi connectivity index (χ4v) is 2.70. The van der Waals surface area contributed by atoms with Gasteiger partial charge in [0.15, 0.2) is 0 Å². The molecule has 4 heteroatoms.